The van der Waals surface area contributed by atoms with E-state index in [1.54, 1.807) is 0 Å². The molecule has 0 aromatic heterocycles. The van der Waals surface area contributed by atoms with Crippen molar-refractivity contribution in [2.45, 2.75) is 51.7 Å². The van der Waals surface area contributed by atoms with E-state index in [0.29, 0.717) is 12.0 Å². The number of rotatable bonds is 4. The first-order valence-corrected chi connectivity index (χ1v) is 6.69. The Labute approximate surface area is 104 Å². The highest BCUT2D eigenvalue weighted by Crippen LogP contribution is 2.27. The maximum atomic E-state index is 6.16. The monoisotopic (exact) mass is 233 g/mol. The Morgan fingerprint density at radius 3 is 2.59 bits per heavy atom. The van der Waals surface area contributed by atoms with Gasteiger partial charge in [-0.05, 0) is 49.3 Å². The maximum Gasteiger partial charge on any atom is 0.120 e. The van der Waals surface area contributed by atoms with Gasteiger partial charge in [-0.2, -0.15) is 0 Å². The summed E-state index contributed by atoms with van der Waals surface area (Å²) in [6.07, 6.45) is 5.41. The standard InChI is InChI=1S/C15H23NO/c1-11(2)15(16)12-6-5-9-14(10-12)17-13-7-3-4-8-13/h5-6,9-11,13,15H,3-4,7-8,16H2,1-2H3. The highest BCUT2D eigenvalue weighted by atomic mass is 16.5. The SMILES string of the molecule is CC(C)C(N)c1cccc(OC2CCCC2)c1. The van der Waals surface area contributed by atoms with Crippen molar-refractivity contribution in [3.05, 3.63) is 29.8 Å². The minimum Gasteiger partial charge on any atom is -0.490 e. The van der Waals surface area contributed by atoms with E-state index in [1.165, 1.54) is 31.2 Å². The summed E-state index contributed by atoms with van der Waals surface area (Å²) < 4.78 is 5.99. The summed E-state index contributed by atoms with van der Waals surface area (Å²) in [6, 6.07) is 8.37. The predicted octanol–water partition coefficient (Wildman–Crippen LogP) is 3.66. The third kappa shape index (κ3) is 3.22. The molecule has 1 atom stereocenters. The smallest absolute Gasteiger partial charge is 0.120 e. The van der Waals surface area contributed by atoms with Crippen LogP contribution in [0.25, 0.3) is 0 Å². The van der Waals surface area contributed by atoms with Crippen molar-refractivity contribution in [1.29, 1.82) is 0 Å². The number of nitrogens with two attached hydrogens (primary N) is 1. The zero-order valence-corrected chi connectivity index (χ0v) is 10.9. The Morgan fingerprint density at radius 1 is 1.24 bits per heavy atom. The van der Waals surface area contributed by atoms with Gasteiger partial charge in [0.25, 0.3) is 0 Å². The fourth-order valence-corrected chi connectivity index (χ4v) is 2.38. The largest absolute Gasteiger partial charge is 0.490 e. The van der Waals surface area contributed by atoms with E-state index in [0.717, 1.165) is 5.75 Å². The highest BCUT2D eigenvalue weighted by Gasteiger charge is 2.17. The van der Waals surface area contributed by atoms with Crippen molar-refractivity contribution >= 4 is 0 Å². The second-order valence-electron chi connectivity index (χ2n) is 5.37. The molecule has 1 unspecified atom stereocenters. The number of hydrogen-bond acceptors (Lipinski definition) is 2. The van der Waals surface area contributed by atoms with Crippen molar-refractivity contribution in [1.82, 2.24) is 0 Å². The third-order valence-corrected chi connectivity index (χ3v) is 3.57. The lowest BCUT2D eigenvalue weighted by atomic mass is 9.97. The van der Waals surface area contributed by atoms with Crippen LogP contribution in [0.2, 0.25) is 0 Å². The molecule has 2 rings (SSSR count). The van der Waals surface area contributed by atoms with Crippen LogP contribution in [0.5, 0.6) is 5.75 Å². The number of benzene rings is 1. The molecule has 2 heteroatoms. The average Bonchev–Trinajstić information content (AvgIpc) is 2.81. The Morgan fingerprint density at radius 2 is 1.94 bits per heavy atom. The summed E-state index contributed by atoms with van der Waals surface area (Å²) in [5.74, 6) is 1.43. The summed E-state index contributed by atoms with van der Waals surface area (Å²) in [6.45, 7) is 4.30. The quantitative estimate of drug-likeness (QED) is 0.861. The van der Waals surface area contributed by atoms with E-state index in [1.807, 2.05) is 12.1 Å². The van der Waals surface area contributed by atoms with E-state index < -0.39 is 0 Å². The van der Waals surface area contributed by atoms with Gasteiger partial charge in [0.1, 0.15) is 5.75 Å². The van der Waals surface area contributed by atoms with Crippen molar-refractivity contribution < 1.29 is 4.74 Å². The molecule has 94 valence electrons. The third-order valence-electron chi connectivity index (χ3n) is 3.57. The minimum absolute atomic E-state index is 0.0992. The molecule has 2 nitrogen and oxygen atoms in total. The van der Waals surface area contributed by atoms with E-state index in [2.05, 4.69) is 26.0 Å². The lowest BCUT2D eigenvalue weighted by Crippen LogP contribution is -2.17. The van der Waals surface area contributed by atoms with E-state index in [9.17, 15) is 0 Å². The average molecular weight is 233 g/mol. The molecule has 1 saturated carbocycles. The lowest BCUT2D eigenvalue weighted by Gasteiger charge is -2.18. The fourth-order valence-electron chi connectivity index (χ4n) is 2.38. The summed E-state index contributed by atoms with van der Waals surface area (Å²) >= 11 is 0. The van der Waals surface area contributed by atoms with Crippen LogP contribution in [-0.4, -0.2) is 6.10 Å². The fraction of sp³-hybridized carbons (Fsp3) is 0.600. The number of hydrogen-bond donors (Lipinski definition) is 1. The van der Waals surface area contributed by atoms with Crippen molar-refractivity contribution in [3.63, 3.8) is 0 Å². The molecule has 1 aliphatic carbocycles. The second kappa shape index (κ2) is 5.54. The molecule has 1 aromatic carbocycles. The molecule has 17 heavy (non-hydrogen) atoms. The first-order chi connectivity index (χ1) is 8.16. The van der Waals surface area contributed by atoms with Crippen LogP contribution in [-0.2, 0) is 0 Å². The van der Waals surface area contributed by atoms with Crippen LogP contribution >= 0.6 is 0 Å². The van der Waals surface area contributed by atoms with Gasteiger partial charge in [-0.3, -0.25) is 0 Å². The number of ether oxygens (including phenoxy) is 1. The molecule has 0 spiro atoms. The predicted molar refractivity (Wildman–Crippen MR) is 71.1 cm³/mol. The summed E-state index contributed by atoms with van der Waals surface area (Å²) in [5, 5.41) is 0. The lowest BCUT2D eigenvalue weighted by molar-refractivity contribution is 0.209. The van der Waals surface area contributed by atoms with Gasteiger partial charge in [-0.25, -0.2) is 0 Å². The summed E-state index contributed by atoms with van der Waals surface area (Å²) in [7, 11) is 0. The molecule has 1 fully saturated rings. The Bertz CT molecular complexity index is 356. The van der Waals surface area contributed by atoms with Crippen molar-refractivity contribution in [2.75, 3.05) is 0 Å². The molecule has 1 aromatic rings. The van der Waals surface area contributed by atoms with Crippen molar-refractivity contribution in [3.8, 4) is 5.75 Å². The molecule has 0 heterocycles. The van der Waals surface area contributed by atoms with E-state index >= 15 is 0 Å². The summed E-state index contributed by atoms with van der Waals surface area (Å²) in [5.41, 5.74) is 7.34. The molecule has 0 radical (unpaired) electrons. The van der Waals surface area contributed by atoms with Gasteiger partial charge >= 0.3 is 0 Å². The van der Waals surface area contributed by atoms with Crippen LogP contribution in [0.15, 0.2) is 24.3 Å². The zero-order valence-electron chi connectivity index (χ0n) is 10.9. The summed E-state index contributed by atoms with van der Waals surface area (Å²) in [4.78, 5) is 0. The topological polar surface area (TPSA) is 35.2 Å². The minimum atomic E-state index is 0.0992. The van der Waals surface area contributed by atoms with Gasteiger partial charge < -0.3 is 10.5 Å². The van der Waals surface area contributed by atoms with Gasteiger partial charge in [0.15, 0.2) is 0 Å². The van der Waals surface area contributed by atoms with Gasteiger partial charge in [0.2, 0.25) is 0 Å². The normalized spacial score (nSPS) is 18.6. The second-order valence-corrected chi connectivity index (χ2v) is 5.37. The van der Waals surface area contributed by atoms with Crippen LogP contribution in [0.1, 0.15) is 51.1 Å². The molecule has 0 aliphatic heterocycles. The molecule has 0 saturated heterocycles. The Balaban J connectivity index is 2.05. The first-order valence-electron chi connectivity index (χ1n) is 6.69. The van der Waals surface area contributed by atoms with Crippen LogP contribution in [0.4, 0.5) is 0 Å². The van der Waals surface area contributed by atoms with E-state index in [-0.39, 0.29) is 6.04 Å². The van der Waals surface area contributed by atoms with Crippen LogP contribution in [0.3, 0.4) is 0 Å². The van der Waals surface area contributed by atoms with Gasteiger partial charge in [0, 0.05) is 6.04 Å². The van der Waals surface area contributed by atoms with E-state index in [4.69, 9.17) is 10.5 Å². The van der Waals surface area contributed by atoms with Gasteiger partial charge in [-0.1, -0.05) is 26.0 Å². The Kier molecular flexibility index (Phi) is 4.06. The van der Waals surface area contributed by atoms with Crippen molar-refractivity contribution in [2.24, 2.45) is 11.7 Å². The highest BCUT2D eigenvalue weighted by molar-refractivity contribution is 5.30. The zero-order chi connectivity index (χ0) is 12.3. The Hall–Kier alpha value is -1.02. The van der Waals surface area contributed by atoms with Gasteiger partial charge in [-0.15, -0.1) is 0 Å². The van der Waals surface area contributed by atoms with Crippen LogP contribution < -0.4 is 10.5 Å². The van der Waals surface area contributed by atoms with Crippen LogP contribution in [0, 0.1) is 5.92 Å². The van der Waals surface area contributed by atoms with Gasteiger partial charge in [0.05, 0.1) is 6.10 Å². The molecule has 0 bridgehead atoms. The molecule has 1 aliphatic rings. The molecule has 0 amide bonds. The first kappa shape index (κ1) is 12.4. The maximum absolute atomic E-state index is 6.16. The molecular formula is C15H23NO. The molecule has 2 N–H and O–H groups in total. The molecular weight excluding hydrogens is 210 g/mol.